The first-order chi connectivity index (χ1) is 8.63. The number of H-pyrrole nitrogens is 1. The van der Waals surface area contributed by atoms with Gasteiger partial charge >= 0.3 is 5.97 Å². The predicted molar refractivity (Wildman–Crippen MR) is 67.0 cm³/mol. The van der Waals surface area contributed by atoms with Gasteiger partial charge in [0.2, 0.25) is 0 Å². The quantitative estimate of drug-likeness (QED) is 0.880. The average Bonchev–Trinajstić information content (AvgIpc) is 2.87. The fraction of sp³-hybridized carbons (Fsp3) is 0.182. The van der Waals surface area contributed by atoms with Crippen molar-refractivity contribution in [2.24, 2.45) is 0 Å². The number of methoxy groups -OCH3 is 1. The molecule has 5 nitrogen and oxygen atoms in total. The summed E-state index contributed by atoms with van der Waals surface area (Å²) in [5.41, 5.74) is 0.927. The van der Waals surface area contributed by atoms with Crippen molar-refractivity contribution >= 4 is 29.2 Å². The van der Waals surface area contributed by atoms with Crippen LogP contribution in [0.5, 0.6) is 0 Å². The molecule has 1 N–H and O–H groups in total. The van der Waals surface area contributed by atoms with E-state index in [1.165, 1.54) is 13.4 Å². The Kier molecular flexibility index (Phi) is 3.84. The lowest BCUT2D eigenvalue weighted by atomic mass is 10.0. The highest BCUT2D eigenvalue weighted by atomic mass is 35.5. The van der Waals surface area contributed by atoms with Crippen molar-refractivity contribution in [2.75, 3.05) is 7.11 Å². The van der Waals surface area contributed by atoms with Crippen LogP contribution in [0, 0.1) is 0 Å². The van der Waals surface area contributed by atoms with Crippen LogP contribution in [0.2, 0.25) is 10.0 Å². The number of rotatable bonds is 3. The summed E-state index contributed by atoms with van der Waals surface area (Å²) in [5.74, 6) is 0.118. The molecule has 0 fully saturated rings. The van der Waals surface area contributed by atoms with Crippen LogP contribution in [0.25, 0.3) is 0 Å². The minimum atomic E-state index is -0.469. The number of aromatic amines is 1. The Hall–Kier alpha value is -1.59. The molecular formula is C11H9Cl2N3O2. The molecule has 0 bridgehead atoms. The number of nitrogens with zero attached hydrogens (tertiary/aromatic N) is 2. The van der Waals surface area contributed by atoms with Gasteiger partial charge in [0.15, 0.2) is 0 Å². The Morgan fingerprint density at radius 3 is 2.83 bits per heavy atom. The zero-order chi connectivity index (χ0) is 13.1. The summed E-state index contributed by atoms with van der Waals surface area (Å²) >= 11 is 12.1. The number of halogens is 2. The summed E-state index contributed by atoms with van der Waals surface area (Å²) in [4.78, 5) is 15.6. The highest BCUT2D eigenvalue weighted by Gasteiger charge is 2.18. The van der Waals surface area contributed by atoms with Crippen LogP contribution < -0.4 is 0 Å². The molecule has 0 saturated carbocycles. The molecule has 0 saturated heterocycles. The van der Waals surface area contributed by atoms with E-state index >= 15 is 0 Å². The van der Waals surface area contributed by atoms with Crippen molar-refractivity contribution in [3.8, 4) is 0 Å². The van der Waals surface area contributed by atoms with Gasteiger partial charge in [0.25, 0.3) is 0 Å². The minimum absolute atomic E-state index is 0.316. The molecule has 7 heteroatoms. The second kappa shape index (κ2) is 5.37. The second-order valence-electron chi connectivity index (χ2n) is 3.49. The zero-order valence-corrected chi connectivity index (χ0v) is 10.9. The molecule has 1 heterocycles. The number of nitrogens with one attached hydrogen (secondary N) is 1. The van der Waals surface area contributed by atoms with Crippen LogP contribution in [-0.2, 0) is 11.2 Å². The number of carbonyl (C=O) groups is 1. The van der Waals surface area contributed by atoms with Crippen molar-refractivity contribution in [1.29, 1.82) is 0 Å². The van der Waals surface area contributed by atoms with Gasteiger partial charge in [0.05, 0.1) is 22.7 Å². The molecular weight excluding hydrogens is 277 g/mol. The van der Waals surface area contributed by atoms with Crippen molar-refractivity contribution in [3.05, 3.63) is 45.5 Å². The van der Waals surface area contributed by atoms with Crippen LogP contribution in [0.4, 0.5) is 0 Å². The topological polar surface area (TPSA) is 67.9 Å². The smallest absolute Gasteiger partial charge is 0.338 e. The highest BCUT2D eigenvalue weighted by molar-refractivity contribution is 6.42. The number of benzene rings is 1. The third-order valence-electron chi connectivity index (χ3n) is 2.41. The summed E-state index contributed by atoms with van der Waals surface area (Å²) in [6.07, 6.45) is 1.70. The maximum Gasteiger partial charge on any atom is 0.338 e. The number of ether oxygens (including phenoxy) is 1. The molecule has 0 radical (unpaired) electrons. The Morgan fingerprint density at radius 2 is 2.22 bits per heavy atom. The van der Waals surface area contributed by atoms with E-state index in [1.807, 2.05) is 0 Å². The maximum absolute atomic E-state index is 11.7. The third kappa shape index (κ3) is 2.47. The number of esters is 1. The Morgan fingerprint density at radius 1 is 1.44 bits per heavy atom. The van der Waals surface area contributed by atoms with E-state index in [0.717, 1.165) is 0 Å². The number of hydrogen-bond donors (Lipinski definition) is 1. The van der Waals surface area contributed by atoms with Gasteiger partial charge in [0.1, 0.15) is 12.2 Å². The standard InChI is InChI=1S/C11H9Cl2N3O2/c1-18-11(17)6-2-3-8(12)10(13)7(6)4-9-14-5-15-16-9/h2-3,5H,4H2,1H3,(H,14,15,16). The van der Waals surface area contributed by atoms with E-state index in [4.69, 9.17) is 27.9 Å². The lowest BCUT2D eigenvalue weighted by molar-refractivity contribution is 0.0599. The maximum atomic E-state index is 11.7. The fourth-order valence-electron chi connectivity index (χ4n) is 1.55. The van der Waals surface area contributed by atoms with Gasteiger partial charge in [0, 0.05) is 6.42 Å². The molecule has 0 aliphatic carbocycles. The Bertz CT molecular complexity index is 570. The van der Waals surface area contributed by atoms with Crippen LogP contribution in [-0.4, -0.2) is 28.3 Å². The van der Waals surface area contributed by atoms with Gasteiger partial charge in [-0.3, -0.25) is 5.10 Å². The van der Waals surface area contributed by atoms with Crippen molar-refractivity contribution in [1.82, 2.24) is 15.2 Å². The van der Waals surface area contributed by atoms with Gasteiger partial charge in [-0.2, -0.15) is 5.10 Å². The van der Waals surface area contributed by atoms with E-state index in [2.05, 4.69) is 15.2 Å². The molecule has 0 amide bonds. The van der Waals surface area contributed by atoms with Crippen molar-refractivity contribution < 1.29 is 9.53 Å². The first-order valence-corrected chi connectivity index (χ1v) is 5.78. The summed E-state index contributed by atoms with van der Waals surface area (Å²) < 4.78 is 4.70. The Labute approximate surface area is 113 Å². The summed E-state index contributed by atoms with van der Waals surface area (Å²) in [6.45, 7) is 0. The number of hydrogen-bond acceptors (Lipinski definition) is 4. The monoisotopic (exact) mass is 285 g/mol. The molecule has 2 rings (SSSR count). The van der Waals surface area contributed by atoms with E-state index in [0.29, 0.717) is 33.4 Å². The SMILES string of the molecule is COC(=O)c1ccc(Cl)c(Cl)c1Cc1ncn[nH]1. The summed E-state index contributed by atoms with van der Waals surface area (Å²) in [7, 11) is 1.31. The molecule has 94 valence electrons. The summed E-state index contributed by atoms with van der Waals surface area (Å²) in [5, 5.41) is 7.13. The van der Waals surface area contributed by atoms with Crippen molar-refractivity contribution in [3.63, 3.8) is 0 Å². The molecule has 0 aliphatic heterocycles. The van der Waals surface area contributed by atoms with Crippen LogP contribution >= 0.6 is 23.2 Å². The first kappa shape index (κ1) is 12.9. The second-order valence-corrected chi connectivity index (χ2v) is 4.27. The molecule has 0 atom stereocenters. The third-order valence-corrected chi connectivity index (χ3v) is 3.25. The van der Waals surface area contributed by atoms with Gasteiger partial charge in [-0.25, -0.2) is 9.78 Å². The molecule has 1 aromatic heterocycles. The lowest BCUT2D eigenvalue weighted by Gasteiger charge is -2.09. The lowest BCUT2D eigenvalue weighted by Crippen LogP contribution is -2.07. The fourth-order valence-corrected chi connectivity index (χ4v) is 1.96. The Balaban J connectivity index is 2.48. The predicted octanol–water partition coefficient (Wildman–Crippen LogP) is 2.49. The van der Waals surface area contributed by atoms with Crippen LogP contribution in [0.3, 0.4) is 0 Å². The largest absolute Gasteiger partial charge is 0.465 e. The van der Waals surface area contributed by atoms with Crippen LogP contribution in [0.1, 0.15) is 21.7 Å². The summed E-state index contributed by atoms with van der Waals surface area (Å²) in [6, 6.07) is 3.13. The van der Waals surface area contributed by atoms with Crippen molar-refractivity contribution in [2.45, 2.75) is 6.42 Å². The first-order valence-electron chi connectivity index (χ1n) is 5.03. The molecule has 0 aliphatic rings. The van der Waals surface area contributed by atoms with E-state index in [1.54, 1.807) is 12.1 Å². The van der Waals surface area contributed by atoms with Gasteiger partial charge in [-0.15, -0.1) is 0 Å². The zero-order valence-electron chi connectivity index (χ0n) is 9.41. The van der Waals surface area contributed by atoms with Gasteiger partial charge < -0.3 is 4.74 Å². The van der Waals surface area contributed by atoms with E-state index < -0.39 is 5.97 Å². The molecule has 0 unspecified atom stereocenters. The number of aromatic nitrogens is 3. The molecule has 1 aromatic carbocycles. The average molecular weight is 286 g/mol. The molecule has 0 spiro atoms. The number of carbonyl (C=O) groups excluding carboxylic acids is 1. The van der Waals surface area contributed by atoms with Gasteiger partial charge in [-0.05, 0) is 17.7 Å². The van der Waals surface area contributed by atoms with E-state index in [-0.39, 0.29) is 0 Å². The van der Waals surface area contributed by atoms with E-state index in [9.17, 15) is 4.79 Å². The molecule has 18 heavy (non-hydrogen) atoms. The van der Waals surface area contributed by atoms with Crippen LogP contribution in [0.15, 0.2) is 18.5 Å². The minimum Gasteiger partial charge on any atom is -0.465 e. The molecule has 2 aromatic rings. The highest BCUT2D eigenvalue weighted by Crippen LogP contribution is 2.30. The van der Waals surface area contributed by atoms with Gasteiger partial charge in [-0.1, -0.05) is 23.2 Å². The normalized spacial score (nSPS) is 10.4.